The third-order valence-corrected chi connectivity index (χ3v) is 3.74. The van der Waals surface area contributed by atoms with Crippen molar-refractivity contribution in [3.8, 4) is 0 Å². The van der Waals surface area contributed by atoms with E-state index in [1.54, 1.807) is 0 Å². The Hall–Kier alpha value is -0.810. The van der Waals surface area contributed by atoms with Crippen LogP contribution in [0.4, 0.5) is 5.69 Å². The van der Waals surface area contributed by atoms with E-state index in [9.17, 15) is 5.11 Å². The lowest BCUT2D eigenvalue weighted by molar-refractivity contribution is -0.0103. The van der Waals surface area contributed by atoms with Crippen LogP contribution in [0.15, 0.2) is 18.2 Å². The quantitative estimate of drug-likeness (QED) is 0.882. The van der Waals surface area contributed by atoms with E-state index in [2.05, 4.69) is 23.2 Å². The number of aliphatic hydroxyl groups is 1. The Kier molecular flexibility index (Phi) is 5.05. The number of morpholine rings is 1. The third-order valence-electron chi connectivity index (χ3n) is 3.43. The van der Waals surface area contributed by atoms with Crippen LogP contribution in [0.5, 0.6) is 0 Å². The summed E-state index contributed by atoms with van der Waals surface area (Å²) in [4.78, 5) is 2.24. The van der Waals surface area contributed by atoms with Gasteiger partial charge in [0.25, 0.3) is 0 Å². The van der Waals surface area contributed by atoms with Crippen LogP contribution in [0.25, 0.3) is 0 Å². The zero-order chi connectivity index (χ0) is 13.8. The number of ether oxygens (including phenoxy) is 1. The predicted molar refractivity (Wildman–Crippen MR) is 77.8 cm³/mol. The lowest BCUT2D eigenvalue weighted by Gasteiger charge is -2.40. The average Bonchev–Trinajstić information content (AvgIpc) is 2.41. The van der Waals surface area contributed by atoms with Gasteiger partial charge in [0.05, 0.1) is 30.0 Å². The Balaban J connectivity index is 2.32. The van der Waals surface area contributed by atoms with E-state index in [0.717, 1.165) is 17.3 Å². The number of nitrogens with one attached hydrogen (secondary N) is 1. The first kappa shape index (κ1) is 14.6. The molecule has 0 aliphatic carbocycles. The molecule has 0 aromatic heterocycles. The smallest absolute Gasteiger partial charge is 0.0981 e. The van der Waals surface area contributed by atoms with Crippen LogP contribution >= 0.6 is 11.6 Å². The molecule has 19 heavy (non-hydrogen) atoms. The topological polar surface area (TPSA) is 44.7 Å². The van der Waals surface area contributed by atoms with Gasteiger partial charge in [-0.1, -0.05) is 23.7 Å². The van der Waals surface area contributed by atoms with E-state index in [1.165, 1.54) is 5.56 Å². The highest BCUT2D eigenvalue weighted by Gasteiger charge is 2.28. The van der Waals surface area contributed by atoms with Crippen molar-refractivity contribution in [2.45, 2.75) is 25.6 Å². The Morgan fingerprint density at radius 2 is 2.32 bits per heavy atom. The second-order valence-corrected chi connectivity index (χ2v) is 5.32. The van der Waals surface area contributed by atoms with Crippen LogP contribution in [0.3, 0.4) is 0 Å². The highest BCUT2D eigenvalue weighted by molar-refractivity contribution is 6.33. The van der Waals surface area contributed by atoms with Crippen LogP contribution in [0.2, 0.25) is 5.02 Å². The number of nitrogens with zero attached hydrogens (tertiary/aromatic N) is 1. The molecule has 2 N–H and O–H groups in total. The van der Waals surface area contributed by atoms with Crippen molar-refractivity contribution in [1.29, 1.82) is 0 Å². The molecule has 1 saturated heterocycles. The van der Waals surface area contributed by atoms with Crippen LogP contribution in [-0.2, 0) is 11.3 Å². The van der Waals surface area contributed by atoms with Crippen molar-refractivity contribution < 1.29 is 9.84 Å². The molecule has 5 heteroatoms. The molecule has 2 rings (SSSR count). The Morgan fingerprint density at radius 3 is 3.00 bits per heavy atom. The molecule has 0 radical (unpaired) electrons. The molecule has 0 spiro atoms. The molecule has 2 atom stereocenters. The molecular formula is C14H21ClN2O2. The zero-order valence-electron chi connectivity index (χ0n) is 11.4. The number of halogens is 1. The molecule has 0 amide bonds. The number of para-hydroxylation sites is 1. The lowest BCUT2D eigenvalue weighted by atomic mass is 10.1. The first-order valence-electron chi connectivity index (χ1n) is 6.58. The molecule has 1 aromatic rings. The Bertz CT molecular complexity index is 428. The molecule has 1 aromatic carbocycles. The highest BCUT2D eigenvalue weighted by Crippen LogP contribution is 2.33. The summed E-state index contributed by atoms with van der Waals surface area (Å²) < 4.78 is 5.58. The molecule has 1 aliphatic heterocycles. The maximum atomic E-state index is 9.29. The van der Waals surface area contributed by atoms with Gasteiger partial charge in [-0.3, -0.25) is 0 Å². The van der Waals surface area contributed by atoms with Crippen molar-refractivity contribution in [3.05, 3.63) is 28.8 Å². The summed E-state index contributed by atoms with van der Waals surface area (Å²) in [7, 11) is 1.92. The van der Waals surface area contributed by atoms with E-state index in [-0.39, 0.29) is 18.8 Å². The average molecular weight is 285 g/mol. The number of benzene rings is 1. The molecule has 2 unspecified atom stereocenters. The molecule has 1 heterocycles. The van der Waals surface area contributed by atoms with E-state index in [0.29, 0.717) is 13.2 Å². The Labute approximate surface area is 119 Å². The fourth-order valence-electron chi connectivity index (χ4n) is 2.45. The fraction of sp³-hybridized carbons (Fsp3) is 0.571. The van der Waals surface area contributed by atoms with Crippen LogP contribution < -0.4 is 10.2 Å². The lowest BCUT2D eigenvalue weighted by Crippen LogP contribution is -2.50. The fourth-order valence-corrected chi connectivity index (χ4v) is 2.76. The summed E-state index contributed by atoms with van der Waals surface area (Å²) in [6.07, 6.45) is -0.144. The van der Waals surface area contributed by atoms with Crippen molar-refractivity contribution in [2.24, 2.45) is 0 Å². The van der Waals surface area contributed by atoms with Gasteiger partial charge in [-0.2, -0.15) is 0 Å². The van der Waals surface area contributed by atoms with Gasteiger partial charge in [-0.25, -0.2) is 0 Å². The zero-order valence-corrected chi connectivity index (χ0v) is 12.2. The van der Waals surface area contributed by atoms with Gasteiger partial charge in [-0.05, 0) is 25.6 Å². The maximum absolute atomic E-state index is 9.29. The largest absolute Gasteiger partial charge is 0.394 e. The van der Waals surface area contributed by atoms with Gasteiger partial charge in [0.2, 0.25) is 0 Å². The number of hydrogen-bond acceptors (Lipinski definition) is 4. The Morgan fingerprint density at radius 1 is 1.53 bits per heavy atom. The van der Waals surface area contributed by atoms with Crippen molar-refractivity contribution in [3.63, 3.8) is 0 Å². The molecule has 1 aliphatic rings. The minimum absolute atomic E-state index is 0.0367. The first-order chi connectivity index (χ1) is 9.17. The van der Waals surface area contributed by atoms with Gasteiger partial charge >= 0.3 is 0 Å². The van der Waals surface area contributed by atoms with Crippen molar-refractivity contribution in [1.82, 2.24) is 5.32 Å². The second-order valence-electron chi connectivity index (χ2n) is 4.92. The third kappa shape index (κ3) is 3.20. The van der Waals surface area contributed by atoms with Gasteiger partial charge < -0.3 is 20.1 Å². The predicted octanol–water partition coefficient (Wildman–Crippen LogP) is 1.65. The number of rotatable bonds is 4. The normalized spacial score (nSPS) is 23.7. The SMILES string of the molecule is CNCc1cccc(Cl)c1N1CC(CO)OCC1C. The molecule has 4 nitrogen and oxygen atoms in total. The number of aliphatic hydroxyl groups excluding tert-OH is 1. The maximum Gasteiger partial charge on any atom is 0.0981 e. The van der Waals surface area contributed by atoms with Crippen molar-refractivity contribution >= 4 is 17.3 Å². The van der Waals surface area contributed by atoms with Gasteiger partial charge in [0.15, 0.2) is 0 Å². The minimum atomic E-state index is -0.144. The van der Waals surface area contributed by atoms with E-state index >= 15 is 0 Å². The van der Waals surface area contributed by atoms with Crippen molar-refractivity contribution in [2.75, 3.05) is 31.7 Å². The first-order valence-corrected chi connectivity index (χ1v) is 6.96. The highest BCUT2D eigenvalue weighted by atomic mass is 35.5. The van der Waals surface area contributed by atoms with Crippen LogP contribution in [-0.4, -0.2) is 44.1 Å². The number of hydrogen-bond donors (Lipinski definition) is 2. The van der Waals surface area contributed by atoms with Crippen LogP contribution in [0, 0.1) is 0 Å². The minimum Gasteiger partial charge on any atom is -0.394 e. The summed E-state index contributed by atoms with van der Waals surface area (Å²) in [5.41, 5.74) is 2.22. The summed E-state index contributed by atoms with van der Waals surface area (Å²) >= 11 is 6.38. The summed E-state index contributed by atoms with van der Waals surface area (Å²) in [6.45, 7) is 4.19. The summed E-state index contributed by atoms with van der Waals surface area (Å²) in [5, 5.41) is 13.2. The van der Waals surface area contributed by atoms with E-state index < -0.39 is 0 Å². The molecule has 0 bridgehead atoms. The molecule has 106 valence electrons. The van der Waals surface area contributed by atoms with Gasteiger partial charge in [0, 0.05) is 19.1 Å². The standard InChI is InChI=1S/C14H21ClN2O2/c1-10-9-19-12(8-18)7-17(10)14-11(6-16-2)4-3-5-13(14)15/h3-5,10,12,16,18H,6-9H2,1-2H3. The molecule has 0 saturated carbocycles. The monoisotopic (exact) mass is 284 g/mol. The van der Waals surface area contributed by atoms with Gasteiger partial charge in [-0.15, -0.1) is 0 Å². The van der Waals surface area contributed by atoms with E-state index in [1.807, 2.05) is 19.2 Å². The second kappa shape index (κ2) is 6.57. The number of anilines is 1. The summed E-state index contributed by atoms with van der Waals surface area (Å²) in [6, 6.07) is 6.20. The molecular weight excluding hydrogens is 264 g/mol. The van der Waals surface area contributed by atoms with Gasteiger partial charge in [0.1, 0.15) is 0 Å². The summed E-state index contributed by atoms with van der Waals surface area (Å²) in [5.74, 6) is 0. The van der Waals surface area contributed by atoms with Crippen LogP contribution in [0.1, 0.15) is 12.5 Å². The molecule has 1 fully saturated rings. The van der Waals surface area contributed by atoms with E-state index in [4.69, 9.17) is 16.3 Å².